The van der Waals surface area contributed by atoms with Gasteiger partial charge in [-0.2, -0.15) is 4.31 Å². The Hall–Kier alpha value is -2.23. The minimum atomic E-state index is -3.45. The highest BCUT2D eigenvalue weighted by Gasteiger charge is 2.25. The van der Waals surface area contributed by atoms with Crippen LogP contribution < -0.4 is 5.32 Å². The molecule has 2 aromatic rings. The van der Waals surface area contributed by atoms with Gasteiger partial charge >= 0.3 is 5.97 Å². The smallest absolute Gasteiger partial charge is 0.306 e. The summed E-state index contributed by atoms with van der Waals surface area (Å²) in [6.07, 6.45) is 4.15. The van der Waals surface area contributed by atoms with Crippen molar-refractivity contribution in [1.29, 1.82) is 0 Å². The lowest BCUT2D eigenvalue weighted by molar-refractivity contribution is -0.148. The van der Waals surface area contributed by atoms with Gasteiger partial charge in [0.2, 0.25) is 10.0 Å². The molecule has 1 aromatic carbocycles. The van der Waals surface area contributed by atoms with E-state index >= 15 is 0 Å². The predicted molar refractivity (Wildman–Crippen MR) is 119 cm³/mol. The van der Waals surface area contributed by atoms with Gasteiger partial charge in [0, 0.05) is 30.9 Å². The van der Waals surface area contributed by atoms with E-state index < -0.39 is 16.0 Å². The molecule has 0 spiro atoms. The number of benzene rings is 1. The van der Waals surface area contributed by atoms with Crippen molar-refractivity contribution in [3.63, 3.8) is 0 Å². The lowest BCUT2D eigenvalue weighted by Crippen LogP contribution is -2.35. The van der Waals surface area contributed by atoms with Crippen LogP contribution in [0.15, 0.2) is 46.7 Å². The molecule has 1 saturated heterocycles. The van der Waals surface area contributed by atoms with Crippen molar-refractivity contribution in [3.05, 3.63) is 52.2 Å². The molecule has 168 valence electrons. The minimum absolute atomic E-state index is 0.126. The summed E-state index contributed by atoms with van der Waals surface area (Å²) < 4.78 is 31.9. The van der Waals surface area contributed by atoms with Gasteiger partial charge < -0.3 is 10.1 Å². The van der Waals surface area contributed by atoms with Crippen molar-refractivity contribution < 1.29 is 22.7 Å². The number of nitrogens with one attached hydrogen (secondary N) is 1. The van der Waals surface area contributed by atoms with Gasteiger partial charge in [-0.15, -0.1) is 11.3 Å². The van der Waals surface area contributed by atoms with E-state index in [0.29, 0.717) is 26.1 Å². The van der Waals surface area contributed by atoms with Gasteiger partial charge in [0.05, 0.1) is 4.90 Å². The van der Waals surface area contributed by atoms with Crippen molar-refractivity contribution >= 4 is 33.2 Å². The summed E-state index contributed by atoms with van der Waals surface area (Å²) in [5, 5.41) is 4.71. The van der Waals surface area contributed by atoms with Crippen LogP contribution in [0.2, 0.25) is 0 Å². The first-order valence-corrected chi connectivity index (χ1v) is 12.8. The second-order valence-electron chi connectivity index (χ2n) is 7.45. The Labute approximate surface area is 187 Å². The minimum Gasteiger partial charge on any atom is -0.456 e. The molecule has 0 unspecified atom stereocenters. The van der Waals surface area contributed by atoms with Gasteiger partial charge in [0.25, 0.3) is 5.91 Å². The molecule has 1 fully saturated rings. The number of piperidine rings is 1. The molecular formula is C22H28N2O5S2. The highest BCUT2D eigenvalue weighted by atomic mass is 32.2. The molecule has 9 heteroatoms. The summed E-state index contributed by atoms with van der Waals surface area (Å²) in [6, 6.07) is 10.6. The Balaban J connectivity index is 1.37. The molecule has 3 rings (SSSR count). The van der Waals surface area contributed by atoms with Crippen LogP contribution >= 0.6 is 11.3 Å². The quantitative estimate of drug-likeness (QED) is 0.546. The molecule has 31 heavy (non-hydrogen) atoms. The second-order valence-corrected chi connectivity index (χ2v) is 10.4. The third-order valence-electron chi connectivity index (χ3n) is 5.13. The Morgan fingerprint density at radius 3 is 2.45 bits per heavy atom. The topological polar surface area (TPSA) is 92.8 Å². The molecule has 0 bridgehead atoms. The summed E-state index contributed by atoms with van der Waals surface area (Å²) >= 11 is 1.63. The van der Waals surface area contributed by atoms with Crippen molar-refractivity contribution in [2.45, 2.75) is 43.4 Å². The zero-order valence-electron chi connectivity index (χ0n) is 17.4. The van der Waals surface area contributed by atoms with E-state index in [9.17, 15) is 18.0 Å². The molecule has 7 nitrogen and oxygen atoms in total. The van der Waals surface area contributed by atoms with Gasteiger partial charge in [0.1, 0.15) is 0 Å². The van der Waals surface area contributed by atoms with Crippen molar-refractivity contribution in [2.75, 3.05) is 26.2 Å². The first kappa shape index (κ1) is 23.4. The lowest BCUT2D eigenvalue weighted by Gasteiger charge is -2.25. The Morgan fingerprint density at radius 1 is 1.03 bits per heavy atom. The van der Waals surface area contributed by atoms with E-state index in [-0.39, 0.29) is 23.8 Å². The first-order valence-electron chi connectivity index (χ1n) is 10.5. The molecule has 1 aliphatic heterocycles. The standard InChI is InChI=1S/C22H28N2O5S2/c25-21(23-13-12-19-5-4-16-30-19)17-29-22(26)11-8-18-6-9-20(10-7-18)31(27,28)24-14-2-1-3-15-24/h4-7,9-10,16H,1-3,8,11-15,17H2,(H,23,25). The van der Waals surface area contributed by atoms with Crippen molar-refractivity contribution in [2.24, 2.45) is 0 Å². The number of carbonyl (C=O) groups is 2. The average molecular weight is 465 g/mol. The maximum absolute atomic E-state index is 12.7. The lowest BCUT2D eigenvalue weighted by atomic mass is 10.1. The van der Waals surface area contributed by atoms with E-state index in [0.717, 1.165) is 31.2 Å². The third-order valence-corrected chi connectivity index (χ3v) is 7.98. The van der Waals surface area contributed by atoms with Gasteiger partial charge in [-0.05, 0) is 54.8 Å². The number of hydrogen-bond donors (Lipinski definition) is 1. The van der Waals surface area contributed by atoms with Crippen LogP contribution in [0, 0.1) is 0 Å². The number of sulfonamides is 1. The van der Waals surface area contributed by atoms with Crippen LogP contribution in [0.3, 0.4) is 0 Å². The number of hydrogen-bond acceptors (Lipinski definition) is 6. The number of ether oxygens (including phenoxy) is 1. The number of esters is 1. The van der Waals surface area contributed by atoms with E-state index in [2.05, 4.69) is 5.32 Å². The first-order chi connectivity index (χ1) is 14.9. The molecule has 0 saturated carbocycles. The highest BCUT2D eigenvalue weighted by molar-refractivity contribution is 7.89. The van der Waals surface area contributed by atoms with Gasteiger partial charge in [-0.1, -0.05) is 24.6 Å². The number of amides is 1. The average Bonchev–Trinajstić information content (AvgIpc) is 3.31. The number of aryl methyl sites for hydroxylation is 1. The van der Waals surface area contributed by atoms with Crippen LogP contribution in [0.25, 0.3) is 0 Å². The van der Waals surface area contributed by atoms with Gasteiger partial charge in [0.15, 0.2) is 6.61 Å². The molecule has 1 aliphatic rings. The molecular weight excluding hydrogens is 436 g/mol. The third kappa shape index (κ3) is 7.15. The van der Waals surface area contributed by atoms with Crippen LogP contribution in [0.4, 0.5) is 0 Å². The molecule has 2 heterocycles. The second kappa shape index (κ2) is 11.4. The number of nitrogens with zero attached hydrogens (tertiary/aromatic N) is 1. The number of rotatable bonds is 10. The highest BCUT2D eigenvalue weighted by Crippen LogP contribution is 2.21. The summed E-state index contributed by atoms with van der Waals surface area (Å²) in [6.45, 7) is 1.34. The Kier molecular flexibility index (Phi) is 8.62. The SMILES string of the molecule is O=C(COC(=O)CCc1ccc(S(=O)(=O)N2CCCCC2)cc1)NCCc1cccs1. The maximum atomic E-state index is 12.7. The fourth-order valence-corrected chi connectivity index (χ4v) is 5.60. The van der Waals surface area contributed by atoms with Crippen LogP contribution in [-0.2, 0) is 37.2 Å². The van der Waals surface area contributed by atoms with Crippen LogP contribution in [0.5, 0.6) is 0 Å². The van der Waals surface area contributed by atoms with E-state index in [1.807, 2.05) is 17.5 Å². The van der Waals surface area contributed by atoms with Crippen LogP contribution in [-0.4, -0.2) is 50.8 Å². The molecule has 1 aromatic heterocycles. The molecule has 1 N–H and O–H groups in total. The molecule has 0 atom stereocenters. The summed E-state index contributed by atoms with van der Waals surface area (Å²) in [4.78, 5) is 25.1. The molecule has 0 aliphatic carbocycles. The fraction of sp³-hybridized carbons (Fsp3) is 0.455. The maximum Gasteiger partial charge on any atom is 0.306 e. The summed E-state index contributed by atoms with van der Waals surface area (Å²) in [7, 11) is -3.45. The van der Waals surface area contributed by atoms with Crippen molar-refractivity contribution in [1.82, 2.24) is 9.62 Å². The fourth-order valence-electron chi connectivity index (χ4n) is 3.38. The Bertz CT molecular complexity index is 950. The molecule has 0 radical (unpaired) electrons. The number of carbonyl (C=O) groups excluding carboxylic acids is 2. The number of thiophene rings is 1. The monoisotopic (exact) mass is 464 g/mol. The summed E-state index contributed by atoms with van der Waals surface area (Å²) in [5.41, 5.74) is 0.843. The zero-order valence-corrected chi connectivity index (χ0v) is 19.1. The van der Waals surface area contributed by atoms with Gasteiger partial charge in [-0.25, -0.2) is 8.42 Å². The van der Waals surface area contributed by atoms with Crippen molar-refractivity contribution in [3.8, 4) is 0 Å². The largest absolute Gasteiger partial charge is 0.456 e. The Morgan fingerprint density at radius 2 is 1.77 bits per heavy atom. The predicted octanol–water partition coefficient (Wildman–Crippen LogP) is 2.76. The normalized spacial score (nSPS) is 14.8. The zero-order chi connectivity index (χ0) is 22.1. The van der Waals surface area contributed by atoms with E-state index in [4.69, 9.17) is 4.74 Å². The van der Waals surface area contributed by atoms with E-state index in [1.54, 1.807) is 35.6 Å². The van der Waals surface area contributed by atoms with E-state index in [1.165, 1.54) is 9.18 Å². The molecule has 1 amide bonds. The summed E-state index contributed by atoms with van der Waals surface area (Å²) in [5.74, 6) is -0.782. The van der Waals surface area contributed by atoms with Crippen LogP contribution in [0.1, 0.15) is 36.1 Å². The van der Waals surface area contributed by atoms with Gasteiger partial charge in [-0.3, -0.25) is 9.59 Å².